The predicted molar refractivity (Wildman–Crippen MR) is 118 cm³/mol. The van der Waals surface area contributed by atoms with Crippen molar-refractivity contribution in [2.24, 2.45) is 10.9 Å². The molecule has 1 atom stereocenters. The van der Waals surface area contributed by atoms with Crippen molar-refractivity contribution in [1.82, 2.24) is 15.0 Å². The number of rotatable bonds is 6. The van der Waals surface area contributed by atoms with E-state index in [4.69, 9.17) is 0 Å². The molecule has 0 saturated carbocycles. The van der Waals surface area contributed by atoms with Gasteiger partial charge in [0.05, 0.1) is 21.7 Å². The highest BCUT2D eigenvalue weighted by Crippen LogP contribution is 2.24. The first-order valence-corrected chi connectivity index (χ1v) is 12.0. The molecule has 0 aliphatic carbocycles. The summed E-state index contributed by atoms with van der Waals surface area (Å²) in [4.78, 5) is 22.1. The number of benzene rings is 2. The lowest BCUT2D eigenvalue weighted by atomic mass is 10.0. The number of amides is 1. The number of para-hydroxylation sites is 1. The molecule has 30 heavy (non-hydrogen) atoms. The van der Waals surface area contributed by atoms with Crippen molar-refractivity contribution in [3.63, 3.8) is 0 Å². The van der Waals surface area contributed by atoms with Crippen LogP contribution in [0, 0.1) is 5.92 Å². The molecular weight excluding hydrogens is 420 g/mol. The van der Waals surface area contributed by atoms with E-state index in [0.717, 1.165) is 15.2 Å². The van der Waals surface area contributed by atoms with Gasteiger partial charge in [-0.3, -0.25) is 14.5 Å². The van der Waals surface area contributed by atoms with Crippen LogP contribution < -0.4 is 10.0 Å². The third kappa shape index (κ3) is 4.22. The number of sulfonamides is 1. The molecule has 0 radical (unpaired) electrons. The zero-order chi connectivity index (χ0) is 21.3. The quantitative estimate of drug-likeness (QED) is 0.613. The van der Waals surface area contributed by atoms with Crippen LogP contribution in [-0.2, 0) is 21.4 Å². The highest BCUT2D eigenvalue weighted by Gasteiger charge is 2.32. The van der Waals surface area contributed by atoms with Crippen LogP contribution in [0.5, 0.6) is 0 Å². The van der Waals surface area contributed by atoms with Crippen molar-refractivity contribution < 1.29 is 13.2 Å². The van der Waals surface area contributed by atoms with Gasteiger partial charge in [0.2, 0.25) is 5.91 Å². The number of hydrogen-bond donors (Lipinski definition) is 2. The number of nitrogens with one attached hydrogen (secondary N) is 2. The van der Waals surface area contributed by atoms with Gasteiger partial charge in [-0.25, -0.2) is 13.4 Å². The Hall–Kier alpha value is -2.78. The van der Waals surface area contributed by atoms with Gasteiger partial charge >= 0.3 is 0 Å². The van der Waals surface area contributed by atoms with Crippen molar-refractivity contribution in [3.8, 4) is 0 Å². The number of hydrogen-bond acceptors (Lipinski definition) is 6. The fourth-order valence-corrected chi connectivity index (χ4v) is 5.47. The molecule has 0 fully saturated rings. The summed E-state index contributed by atoms with van der Waals surface area (Å²) in [5.74, 6) is 0.172. The molecule has 156 valence electrons. The molecule has 3 aromatic rings. The fourth-order valence-electron chi connectivity index (χ4n) is 3.33. The molecule has 2 heterocycles. The average Bonchev–Trinajstić information content (AvgIpc) is 3.24. The molecule has 1 aliphatic heterocycles. The topological polar surface area (TPSA) is 101 Å². The van der Waals surface area contributed by atoms with E-state index in [1.807, 2.05) is 38.1 Å². The second kappa shape index (κ2) is 8.16. The number of amidine groups is 1. The predicted octanol–water partition coefficient (Wildman–Crippen LogP) is 3.07. The van der Waals surface area contributed by atoms with Gasteiger partial charge in [-0.1, -0.05) is 38.1 Å². The Kier molecular flexibility index (Phi) is 5.57. The summed E-state index contributed by atoms with van der Waals surface area (Å²) in [7, 11) is -3.65. The van der Waals surface area contributed by atoms with Crippen molar-refractivity contribution in [3.05, 3.63) is 59.1 Å². The van der Waals surface area contributed by atoms with E-state index in [-0.39, 0.29) is 22.6 Å². The standard InChI is InChI=1S/C21H22N4O3S2/c1-13(2)11-16(24-20-14-7-3-6-10-18(14)30(27,28)25-20)21(26)22-12-19-23-15-8-4-5-9-17(15)29-19/h3-10,13,16H,11-12H2,1-2H3,(H,22,26)(H,24,25). The van der Waals surface area contributed by atoms with E-state index < -0.39 is 16.1 Å². The van der Waals surface area contributed by atoms with Crippen molar-refractivity contribution >= 4 is 43.3 Å². The molecule has 2 N–H and O–H groups in total. The number of aliphatic imine (C=N–C) groups is 1. The SMILES string of the molecule is CC(C)CC(N=C1NS(=O)(=O)c2ccccc21)C(=O)NCc1nc2ccccc2s1. The summed E-state index contributed by atoms with van der Waals surface area (Å²) in [6, 6.07) is 13.8. The van der Waals surface area contributed by atoms with E-state index >= 15 is 0 Å². The lowest BCUT2D eigenvalue weighted by molar-refractivity contribution is -0.122. The summed E-state index contributed by atoms with van der Waals surface area (Å²) in [5, 5.41) is 3.72. The number of nitrogens with zero attached hydrogens (tertiary/aromatic N) is 2. The molecule has 2 aromatic carbocycles. The zero-order valence-corrected chi connectivity index (χ0v) is 18.3. The minimum atomic E-state index is -3.65. The zero-order valence-electron chi connectivity index (χ0n) is 16.6. The molecule has 4 rings (SSSR count). The van der Waals surface area contributed by atoms with Crippen LogP contribution in [0.2, 0.25) is 0 Å². The number of fused-ring (bicyclic) bond motifs is 2. The smallest absolute Gasteiger partial charge is 0.263 e. The molecular formula is C21H22N4O3S2. The first kappa shape index (κ1) is 20.5. The molecule has 0 saturated heterocycles. The summed E-state index contributed by atoms with van der Waals surface area (Å²) in [6.45, 7) is 4.31. The first-order valence-electron chi connectivity index (χ1n) is 9.65. The van der Waals surface area contributed by atoms with E-state index in [0.29, 0.717) is 18.5 Å². The van der Waals surface area contributed by atoms with Crippen LogP contribution in [0.1, 0.15) is 30.8 Å². The van der Waals surface area contributed by atoms with Crippen LogP contribution in [0.15, 0.2) is 58.4 Å². The molecule has 1 unspecified atom stereocenters. The Bertz CT molecular complexity index is 1200. The molecule has 1 aliphatic rings. The molecule has 0 bridgehead atoms. The van der Waals surface area contributed by atoms with Gasteiger partial charge < -0.3 is 5.32 Å². The van der Waals surface area contributed by atoms with Gasteiger partial charge in [0.1, 0.15) is 16.9 Å². The third-order valence-electron chi connectivity index (χ3n) is 4.70. The fraction of sp³-hybridized carbons (Fsp3) is 0.286. The van der Waals surface area contributed by atoms with Crippen LogP contribution in [-0.4, -0.2) is 31.2 Å². The van der Waals surface area contributed by atoms with Gasteiger partial charge in [-0.2, -0.15) is 0 Å². The Morgan fingerprint density at radius 2 is 1.90 bits per heavy atom. The van der Waals surface area contributed by atoms with Crippen LogP contribution in [0.4, 0.5) is 0 Å². The van der Waals surface area contributed by atoms with Gasteiger partial charge in [-0.05, 0) is 36.6 Å². The Balaban J connectivity index is 1.55. The number of thiazole rings is 1. The number of carbonyl (C=O) groups excluding carboxylic acids is 1. The third-order valence-corrected chi connectivity index (χ3v) is 7.13. The Morgan fingerprint density at radius 3 is 2.67 bits per heavy atom. The Labute approximate surface area is 179 Å². The van der Waals surface area contributed by atoms with Crippen molar-refractivity contribution in [1.29, 1.82) is 0 Å². The highest BCUT2D eigenvalue weighted by atomic mass is 32.2. The lowest BCUT2D eigenvalue weighted by Crippen LogP contribution is -2.36. The van der Waals surface area contributed by atoms with Gasteiger partial charge in [0.25, 0.3) is 10.0 Å². The second-order valence-electron chi connectivity index (χ2n) is 7.52. The minimum absolute atomic E-state index is 0.182. The molecule has 1 aromatic heterocycles. The van der Waals surface area contributed by atoms with Gasteiger partial charge in [0, 0.05) is 5.56 Å². The maximum Gasteiger partial charge on any atom is 0.263 e. The molecule has 0 spiro atoms. The van der Waals surface area contributed by atoms with E-state index in [1.165, 1.54) is 17.4 Å². The molecule has 1 amide bonds. The monoisotopic (exact) mass is 442 g/mol. The Morgan fingerprint density at radius 1 is 1.17 bits per heavy atom. The summed E-state index contributed by atoms with van der Waals surface area (Å²) >= 11 is 1.53. The van der Waals surface area contributed by atoms with Crippen LogP contribution in [0.3, 0.4) is 0 Å². The molecule has 7 nitrogen and oxygen atoms in total. The minimum Gasteiger partial charge on any atom is -0.348 e. The van der Waals surface area contributed by atoms with Gasteiger partial charge in [-0.15, -0.1) is 11.3 Å². The lowest BCUT2D eigenvalue weighted by Gasteiger charge is -2.15. The van der Waals surface area contributed by atoms with E-state index in [1.54, 1.807) is 18.2 Å². The molecule has 9 heteroatoms. The maximum atomic E-state index is 12.9. The second-order valence-corrected chi connectivity index (χ2v) is 10.3. The number of aromatic nitrogens is 1. The maximum absolute atomic E-state index is 12.9. The normalized spacial score (nSPS) is 17.1. The van der Waals surface area contributed by atoms with Crippen molar-refractivity contribution in [2.45, 2.75) is 37.8 Å². The average molecular weight is 443 g/mol. The van der Waals surface area contributed by atoms with Crippen LogP contribution in [0.25, 0.3) is 10.2 Å². The summed E-state index contributed by atoms with van der Waals surface area (Å²) in [5.41, 5.74) is 1.40. The number of carbonyl (C=O) groups is 1. The van der Waals surface area contributed by atoms with Crippen LogP contribution >= 0.6 is 11.3 Å². The largest absolute Gasteiger partial charge is 0.348 e. The highest BCUT2D eigenvalue weighted by molar-refractivity contribution is 7.90. The van der Waals surface area contributed by atoms with Gasteiger partial charge in [0.15, 0.2) is 0 Å². The summed E-state index contributed by atoms with van der Waals surface area (Å²) in [6.07, 6.45) is 0.499. The van der Waals surface area contributed by atoms with Crippen molar-refractivity contribution in [2.75, 3.05) is 0 Å². The summed E-state index contributed by atoms with van der Waals surface area (Å²) < 4.78 is 28.2. The van der Waals surface area contributed by atoms with E-state index in [2.05, 4.69) is 20.0 Å². The van der Waals surface area contributed by atoms with E-state index in [9.17, 15) is 13.2 Å². The first-order chi connectivity index (χ1) is 14.3.